The molecule has 0 aliphatic carbocycles. The number of ether oxygens (including phenoxy) is 1. The van der Waals surface area contributed by atoms with Gasteiger partial charge in [-0.05, 0) is 36.5 Å². The summed E-state index contributed by atoms with van der Waals surface area (Å²) in [4.78, 5) is 36.5. The number of hydrogen-bond donors (Lipinski definition) is 2. The van der Waals surface area contributed by atoms with Crippen molar-refractivity contribution in [1.29, 1.82) is 0 Å². The molecule has 2 aromatic carbocycles. The molecule has 0 saturated carbocycles. The van der Waals surface area contributed by atoms with Gasteiger partial charge in [-0.2, -0.15) is 0 Å². The molecule has 0 heterocycles. The molecular weight excluding hydrogens is 387 g/mol. The van der Waals surface area contributed by atoms with Crippen LogP contribution >= 0.6 is 0 Å². The van der Waals surface area contributed by atoms with Crippen molar-refractivity contribution in [2.24, 2.45) is 0 Å². The minimum absolute atomic E-state index is 0.0318. The first-order chi connectivity index (χ1) is 14.4. The minimum atomic E-state index is -1.01. The monoisotopic (exact) mass is 414 g/mol. The van der Waals surface area contributed by atoms with Crippen molar-refractivity contribution in [3.8, 4) is 0 Å². The van der Waals surface area contributed by atoms with Crippen LogP contribution in [-0.2, 0) is 32.0 Å². The second kappa shape index (κ2) is 11.7. The fourth-order valence-corrected chi connectivity index (χ4v) is 3.16. The molecule has 2 amide bonds. The van der Waals surface area contributed by atoms with Crippen LogP contribution in [0.25, 0.3) is 0 Å². The van der Waals surface area contributed by atoms with E-state index < -0.39 is 35.7 Å². The number of carbonyl (C=O) groups is 3. The van der Waals surface area contributed by atoms with Gasteiger partial charge in [-0.15, -0.1) is 0 Å². The lowest BCUT2D eigenvalue weighted by Gasteiger charge is -2.22. The number of rotatable bonds is 10. The van der Waals surface area contributed by atoms with E-state index in [-0.39, 0.29) is 6.42 Å². The molecule has 0 aliphatic heterocycles. The van der Waals surface area contributed by atoms with Crippen molar-refractivity contribution in [3.63, 3.8) is 0 Å². The highest BCUT2D eigenvalue weighted by molar-refractivity contribution is 5.90. The minimum Gasteiger partial charge on any atom is -0.467 e. The van der Waals surface area contributed by atoms with Crippen LogP contribution in [0, 0.1) is 5.82 Å². The van der Waals surface area contributed by atoms with Crippen molar-refractivity contribution in [2.45, 2.75) is 44.7 Å². The molecular formula is C23H27FN2O4. The van der Waals surface area contributed by atoms with E-state index in [2.05, 4.69) is 10.6 Å². The molecule has 6 nitrogen and oxygen atoms in total. The topological polar surface area (TPSA) is 84.5 Å². The summed E-state index contributed by atoms with van der Waals surface area (Å²) < 4.78 is 18.8. The van der Waals surface area contributed by atoms with Crippen LogP contribution in [0.1, 0.15) is 30.9 Å². The van der Waals surface area contributed by atoms with Crippen LogP contribution in [0.4, 0.5) is 4.39 Å². The van der Waals surface area contributed by atoms with E-state index in [4.69, 9.17) is 4.74 Å². The SMILES string of the molecule is COC(=O)[C@H](CCCc1ccccc1)NC(=O)[C@@H](Cc1ccccc1F)NC(C)=O. The van der Waals surface area contributed by atoms with Gasteiger partial charge in [0.15, 0.2) is 0 Å². The van der Waals surface area contributed by atoms with Crippen LogP contribution < -0.4 is 10.6 Å². The standard InChI is InChI=1S/C23H27FN2O4/c1-16(27)25-21(15-18-12-6-7-13-19(18)24)22(28)26-20(23(29)30-2)14-8-11-17-9-4-3-5-10-17/h3-7,9-10,12-13,20-21H,8,11,14-15H2,1-2H3,(H,25,27)(H,26,28)/t20-,21+/m0/s1. The average Bonchev–Trinajstić information content (AvgIpc) is 2.73. The summed E-state index contributed by atoms with van der Waals surface area (Å²) in [5, 5.41) is 5.18. The van der Waals surface area contributed by atoms with Crippen molar-refractivity contribution in [3.05, 3.63) is 71.5 Å². The number of hydrogen-bond acceptors (Lipinski definition) is 4. The molecule has 0 radical (unpaired) electrons. The summed E-state index contributed by atoms with van der Waals surface area (Å²) in [5.74, 6) is -2.02. The highest BCUT2D eigenvalue weighted by Gasteiger charge is 2.27. The second-order valence-corrected chi connectivity index (χ2v) is 7.01. The lowest BCUT2D eigenvalue weighted by atomic mass is 10.0. The van der Waals surface area contributed by atoms with Gasteiger partial charge in [-0.3, -0.25) is 9.59 Å². The first-order valence-corrected chi connectivity index (χ1v) is 9.83. The van der Waals surface area contributed by atoms with Gasteiger partial charge in [-0.25, -0.2) is 9.18 Å². The Morgan fingerprint density at radius 2 is 1.63 bits per heavy atom. The first-order valence-electron chi connectivity index (χ1n) is 9.83. The maximum Gasteiger partial charge on any atom is 0.328 e. The van der Waals surface area contributed by atoms with Gasteiger partial charge in [0.25, 0.3) is 0 Å². The largest absolute Gasteiger partial charge is 0.467 e. The summed E-state index contributed by atoms with van der Waals surface area (Å²) in [7, 11) is 1.25. The van der Waals surface area contributed by atoms with E-state index >= 15 is 0 Å². The summed E-state index contributed by atoms with van der Waals surface area (Å²) in [6, 6.07) is 14.0. The van der Waals surface area contributed by atoms with Gasteiger partial charge in [0.05, 0.1) is 7.11 Å². The Morgan fingerprint density at radius 3 is 2.27 bits per heavy atom. The maximum atomic E-state index is 14.0. The molecule has 0 bridgehead atoms. The van der Waals surface area contributed by atoms with Crippen LogP contribution in [0.5, 0.6) is 0 Å². The second-order valence-electron chi connectivity index (χ2n) is 7.01. The number of methoxy groups -OCH3 is 1. The predicted octanol–water partition coefficient (Wildman–Crippen LogP) is 2.55. The molecule has 0 fully saturated rings. The molecule has 0 unspecified atom stereocenters. The van der Waals surface area contributed by atoms with E-state index in [9.17, 15) is 18.8 Å². The van der Waals surface area contributed by atoms with Crippen LogP contribution in [0.2, 0.25) is 0 Å². The smallest absolute Gasteiger partial charge is 0.328 e. The third kappa shape index (κ3) is 7.31. The summed E-state index contributed by atoms with van der Waals surface area (Å²) in [6.45, 7) is 1.28. The molecule has 0 aromatic heterocycles. The molecule has 30 heavy (non-hydrogen) atoms. The van der Waals surface area contributed by atoms with Gasteiger partial charge in [0.2, 0.25) is 11.8 Å². The lowest BCUT2D eigenvalue weighted by Crippen LogP contribution is -2.52. The molecule has 2 N–H and O–H groups in total. The Labute approximate surface area is 175 Å². The molecule has 0 saturated heterocycles. The highest BCUT2D eigenvalue weighted by atomic mass is 19.1. The average molecular weight is 414 g/mol. The first kappa shape index (κ1) is 23.1. The molecule has 0 aliphatic rings. The fraction of sp³-hybridized carbons (Fsp3) is 0.348. The zero-order valence-electron chi connectivity index (χ0n) is 17.2. The van der Waals surface area contributed by atoms with Crippen LogP contribution in [0.15, 0.2) is 54.6 Å². The Bertz CT molecular complexity index is 857. The van der Waals surface area contributed by atoms with E-state index in [1.165, 1.54) is 20.1 Å². The summed E-state index contributed by atoms with van der Waals surface area (Å²) >= 11 is 0. The number of aryl methyl sites for hydroxylation is 1. The fourth-order valence-electron chi connectivity index (χ4n) is 3.16. The van der Waals surface area contributed by atoms with E-state index in [1.807, 2.05) is 30.3 Å². The third-order valence-electron chi connectivity index (χ3n) is 4.68. The molecule has 2 atom stereocenters. The molecule has 7 heteroatoms. The number of esters is 1. The predicted molar refractivity (Wildman–Crippen MR) is 111 cm³/mol. The quantitative estimate of drug-likeness (QED) is 0.585. The third-order valence-corrected chi connectivity index (χ3v) is 4.68. The van der Waals surface area contributed by atoms with E-state index in [0.29, 0.717) is 18.4 Å². The van der Waals surface area contributed by atoms with Gasteiger partial charge < -0.3 is 15.4 Å². The van der Waals surface area contributed by atoms with E-state index in [0.717, 1.165) is 12.0 Å². The summed E-state index contributed by atoms with van der Waals surface area (Å²) in [6.07, 6.45) is 1.74. The molecule has 2 aromatic rings. The normalized spacial score (nSPS) is 12.5. The van der Waals surface area contributed by atoms with Crippen LogP contribution in [0.3, 0.4) is 0 Å². The number of benzene rings is 2. The number of carbonyl (C=O) groups excluding carboxylic acids is 3. The Morgan fingerprint density at radius 1 is 0.967 bits per heavy atom. The van der Waals surface area contributed by atoms with Crippen molar-refractivity contribution in [2.75, 3.05) is 7.11 Å². The summed E-state index contributed by atoms with van der Waals surface area (Å²) in [5.41, 5.74) is 1.42. The van der Waals surface area contributed by atoms with Crippen molar-refractivity contribution in [1.82, 2.24) is 10.6 Å². The van der Waals surface area contributed by atoms with Gasteiger partial charge in [0, 0.05) is 13.3 Å². The maximum absolute atomic E-state index is 14.0. The van der Waals surface area contributed by atoms with Crippen molar-refractivity contribution >= 4 is 17.8 Å². The number of halogens is 1. The van der Waals surface area contributed by atoms with Gasteiger partial charge >= 0.3 is 5.97 Å². The number of nitrogens with one attached hydrogen (secondary N) is 2. The molecule has 2 rings (SSSR count). The Kier molecular flexibility index (Phi) is 9.00. The van der Waals surface area contributed by atoms with E-state index in [1.54, 1.807) is 18.2 Å². The zero-order chi connectivity index (χ0) is 21.9. The van der Waals surface area contributed by atoms with Gasteiger partial charge in [-0.1, -0.05) is 48.5 Å². The van der Waals surface area contributed by atoms with Gasteiger partial charge in [0.1, 0.15) is 17.9 Å². The Balaban J connectivity index is 2.04. The molecule has 160 valence electrons. The molecule has 0 spiro atoms. The Hall–Kier alpha value is -3.22. The highest BCUT2D eigenvalue weighted by Crippen LogP contribution is 2.11. The lowest BCUT2D eigenvalue weighted by molar-refractivity contribution is -0.145. The van der Waals surface area contributed by atoms with Crippen LogP contribution in [-0.4, -0.2) is 37.0 Å². The number of amides is 2. The zero-order valence-corrected chi connectivity index (χ0v) is 17.2. The van der Waals surface area contributed by atoms with Crippen molar-refractivity contribution < 1.29 is 23.5 Å².